The molecule has 0 atom stereocenters. The first-order chi connectivity index (χ1) is 11.8. The van der Waals surface area contributed by atoms with Gasteiger partial charge in [0.1, 0.15) is 11.6 Å². The SMILES string of the molecule is CC(C)c1cc(/C=N\NC(=O)c2ccccc2F)cc(C(C)C)c1O. The van der Waals surface area contributed by atoms with Gasteiger partial charge in [0.2, 0.25) is 0 Å². The third-order valence-electron chi connectivity index (χ3n) is 3.93. The van der Waals surface area contributed by atoms with Crippen LogP contribution in [0.2, 0.25) is 0 Å². The molecular formula is C20H23FN2O2. The number of rotatable bonds is 5. The van der Waals surface area contributed by atoms with Gasteiger partial charge in [0.25, 0.3) is 5.91 Å². The zero-order chi connectivity index (χ0) is 18.6. The van der Waals surface area contributed by atoms with E-state index in [1.807, 2.05) is 39.8 Å². The highest BCUT2D eigenvalue weighted by molar-refractivity contribution is 5.95. The molecule has 0 fully saturated rings. The molecule has 1 amide bonds. The van der Waals surface area contributed by atoms with Gasteiger partial charge in [-0.3, -0.25) is 4.79 Å². The standard InChI is InChI=1S/C20H23FN2O2/c1-12(2)16-9-14(10-17(13(3)4)19(16)24)11-22-23-20(25)15-7-5-6-8-18(15)21/h5-13,24H,1-4H3,(H,23,25)/b22-11-. The molecule has 0 saturated carbocycles. The minimum absolute atomic E-state index is 0.0592. The molecule has 2 aromatic rings. The number of amides is 1. The number of phenols is 1. The number of benzene rings is 2. The van der Waals surface area contributed by atoms with E-state index < -0.39 is 11.7 Å². The van der Waals surface area contributed by atoms with Gasteiger partial charge >= 0.3 is 0 Å². The Labute approximate surface area is 147 Å². The van der Waals surface area contributed by atoms with Crippen LogP contribution in [0.3, 0.4) is 0 Å². The van der Waals surface area contributed by atoms with Crippen molar-refractivity contribution in [1.29, 1.82) is 0 Å². The van der Waals surface area contributed by atoms with Crippen LogP contribution >= 0.6 is 0 Å². The van der Waals surface area contributed by atoms with Gasteiger partial charge in [0.15, 0.2) is 0 Å². The third-order valence-corrected chi connectivity index (χ3v) is 3.93. The molecule has 25 heavy (non-hydrogen) atoms. The normalized spacial score (nSPS) is 11.5. The maximum absolute atomic E-state index is 13.6. The summed E-state index contributed by atoms with van der Waals surface area (Å²) in [5.74, 6) is -0.597. The van der Waals surface area contributed by atoms with Crippen molar-refractivity contribution < 1.29 is 14.3 Å². The van der Waals surface area contributed by atoms with Crippen molar-refractivity contribution in [1.82, 2.24) is 5.43 Å². The van der Waals surface area contributed by atoms with Crippen molar-refractivity contribution in [3.63, 3.8) is 0 Å². The number of aromatic hydroxyl groups is 1. The van der Waals surface area contributed by atoms with Crippen molar-refractivity contribution >= 4 is 12.1 Å². The first-order valence-electron chi connectivity index (χ1n) is 8.26. The van der Waals surface area contributed by atoms with E-state index >= 15 is 0 Å². The lowest BCUT2D eigenvalue weighted by Gasteiger charge is -2.16. The van der Waals surface area contributed by atoms with Gasteiger partial charge < -0.3 is 5.11 Å². The van der Waals surface area contributed by atoms with Gasteiger partial charge in [-0.1, -0.05) is 39.8 Å². The number of carbonyl (C=O) groups is 1. The number of carbonyl (C=O) groups excluding carboxylic acids is 1. The van der Waals surface area contributed by atoms with Crippen LogP contribution in [0.1, 0.15) is 66.6 Å². The second-order valence-corrected chi connectivity index (χ2v) is 6.54. The van der Waals surface area contributed by atoms with E-state index in [-0.39, 0.29) is 17.4 Å². The summed E-state index contributed by atoms with van der Waals surface area (Å²) in [6.45, 7) is 8.00. The monoisotopic (exact) mass is 342 g/mol. The van der Waals surface area contributed by atoms with Crippen LogP contribution in [0.4, 0.5) is 4.39 Å². The molecule has 0 bridgehead atoms. The van der Waals surface area contributed by atoms with Gasteiger partial charge in [-0.15, -0.1) is 0 Å². The maximum Gasteiger partial charge on any atom is 0.274 e. The molecule has 0 aliphatic carbocycles. The average Bonchev–Trinajstić information content (AvgIpc) is 2.55. The predicted octanol–water partition coefficient (Wildman–Crippen LogP) is 4.54. The van der Waals surface area contributed by atoms with Crippen molar-refractivity contribution in [2.75, 3.05) is 0 Å². The molecule has 132 valence electrons. The summed E-state index contributed by atoms with van der Waals surface area (Å²) in [6.07, 6.45) is 1.50. The van der Waals surface area contributed by atoms with Crippen LogP contribution in [-0.4, -0.2) is 17.2 Å². The van der Waals surface area contributed by atoms with Crippen molar-refractivity contribution in [3.05, 3.63) is 64.5 Å². The lowest BCUT2D eigenvalue weighted by molar-refractivity contribution is 0.0951. The molecule has 0 spiro atoms. The van der Waals surface area contributed by atoms with Crippen LogP contribution in [0, 0.1) is 5.82 Å². The molecule has 0 unspecified atom stereocenters. The van der Waals surface area contributed by atoms with Crippen LogP contribution in [0.25, 0.3) is 0 Å². The van der Waals surface area contributed by atoms with Gasteiger partial charge in [-0.05, 0) is 52.8 Å². The van der Waals surface area contributed by atoms with E-state index in [2.05, 4.69) is 10.5 Å². The van der Waals surface area contributed by atoms with Gasteiger partial charge in [-0.2, -0.15) is 5.10 Å². The quantitative estimate of drug-likeness (QED) is 0.619. The molecule has 5 heteroatoms. The molecule has 0 radical (unpaired) electrons. The minimum atomic E-state index is -0.610. The van der Waals surface area contributed by atoms with Crippen LogP contribution < -0.4 is 5.43 Å². The zero-order valence-electron chi connectivity index (χ0n) is 14.9. The Kier molecular flexibility index (Phi) is 5.91. The molecule has 0 aliphatic rings. The lowest BCUT2D eigenvalue weighted by atomic mass is 9.92. The summed E-state index contributed by atoms with van der Waals surface area (Å²) in [6, 6.07) is 9.41. The smallest absolute Gasteiger partial charge is 0.274 e. The first-order valence-corrected chi connectivity index (χ1v) is 8.26. The number of phenolic OH excluding ortho intramolecular Hbond substituents is 1. The Balaban J connectivity index is 2.23. The number of nitrogens with zero attached hydrogens (tertiary/aromatic N) is 1. The van der Waals surface area contributed by atoms with Crippen LogP contribution in [0.15, 0.2) is 41.5 Å². The third kappa shape index (κ3) is 4.44. The van der Waals surface area contributed by atoms with E-state index in [0.717, 1.165) is 16.7 Å². The summed E-state index contributed by atoms with van der Waals surface area (Å²) in [7, 11) is 0. The molecule has 0 saturated heterocycles. The van der Waals surface area contributed by atoms with E-state index in [4.69, 9.17) is 0 Å². The molecule has 0 aliphatic heterocycles. The van der Waals surface area contributed by atoms with E-state index in [9.17, 15) is 14.3 Å². The first kappa shape index (κ1) is 18.6. The number of hydrogen-bond acceptors (Lipinski definition) is 3. The molecule has 2 rings (SSSR count). The maximum atomic E-state index is 13.6. The molecular weight excluding hydrogens is 319 g/mol. The highest BCUT2D eigenvalue weighted by Gasteiger charge is 2.15. The Bertz CT molecular complexity index is 769. The fourth-order valence-corrected chi connectivity index (χ4v) is 2.53. The highest BCUT2D eigenvalue weighted by atomic mass is 19.1. The van der Waals surface area contributed by atoms with Crippen LogP contribution in [-0.2, 0) is 0 Å². The molecule has 2 N–H and O–H groups in total. The van der Waals surface area contributed by atoms with E-state index in [0.29, 0.717) is 5.75 Å². The van der Waals surface area contributed by atoms with Gasteiger partial charge in [0, 0.05) is 0 Å². The van der Waals surface area contributed by atoms with Crippen molar-refractivity contribution in [2.24, 2.45) is 5.10 Å². The van der Waals surface area contributed by atoms with Crippen molar-refractivity contribution in [3.8, 4) is 5.75 Å². The second kappa shape index (κ2) is 7.92. The summed E-state index contributed by atoms with van der Waals surface area (Å²) >= 11 is 0. The Morgan fingerprint density at radius 1 is 1.12 bits per heavy atom. The Hall–Kier alpha value is -2.69. The molecule has 0 aromatic heterocycles. The summed E-state index contributed by atoms with van der Waals surface area (Å²) in [5.41, 5.74) is 4.69. The van der Waals surface area contributed by atoms with E-state index in [1.54, 1.807) is 6.07 Å². The molecule has 2 aromatic carbocycles. The largest absolute Gasteiger partial charge is 0.507 e. The fourth-order valence-electron chi connectivity index (χ4n) is 2.53. The minimum Gasteiger partial charge on any atom is -0.507 e. The number of hydrogen-bond donors (Lipinski definition) is 2. The molecule has 4 nitrogen and oxygen atoms in total. The average molecular weight is 342 g/mol. The highest BCUT2D eigenvalue weighted by Crippen LogP contribution is 2.34. The van der Waals surface area contributed by atoms with E-state index in [1.165, 1.54) is 24.4 Å². The second-order valence-electron chi connectivity index (χ2n) is 6.54. The topological polar surface area (TPSA) is 61.7 Å². The number of nitrogens with one attached hydrogen (secondary N) is 1. The number of halogens is 1. The fraction of sp³-hybridized carbons (Fsp3) is 0.300. The van der Waals surface area contributed by atoms with Gasteiger partial charge in [-0.25, -0.2) is 9.82 Å². The zero-order valence-corrected chi connectivity index (χ0v) is 14.9. The van der Waals surface area contributed by atoms with Crippen LogP contribution in [0.5, 0.6) is 5.75 Å². The predicted molar refractivity (Wildman–Crippen MR) is 97.7 cm³/mol. The Morgan fingerprint density at radius 2 is 1.68 bits per heavy atom. The lowest BCUT2D eigenvalue weighted by Crippen LogP contribution is -2.19. The Morgan fingerprint density at radius 3 is 2.20 bits per heavy atom. The van der Waals surface area contributed by atoms with Crippen molar-refractivity contribution in [2.45, 2.75) is 39.5 Å². The summed E-state index contributed by atoms with van der Waals surface area (Å²) < 4.78 is 13.6. The number of hydrazone groups is 1. The summed E-state index contributed by atoms with van der Waals surface area (Å²) in [4.78, 5) is 12.0. The summed E-state index contributed by atoms with van der Waals surface area (Å²) in [5, 5.41) is 14.3. The molecule has 0 heterocycles. The van der Waals surface area contributed by atoms with Gasteiger partial charge in [0.05, 0.1) is 11.8 Å².